The number of hydrogen-bond donors (Lipinski definition) is 0. The number of ether oxygens (including phenoxy) is 2. The molecule has 0 saturated heterocycles. The number of esters is 1. The highest BCUT2D eigenvalue weighted by Gasteiger charge is 2.27. The molecule has 0 bridgehead atoms. The van der Waals surface area contributed by atoms with E-state index in [1.165, 1.54) is 12.1 Å². The van der Waals surface area contributed by atoms with Gasteiger partial charge in [-0.2, -0.15) is 0 Å². The van der Waals surface area contributed by atoms with Gasteiger partial charge in [0.2, 0.25) is 5.90 Å². The average molecular weight is 352 g/mol. The van der Waals surface area contributed by atoms with E-state index in [2.05, 4.69) is 4.99 Å². The third kappa shape index (κ3) is 3.32. The van der Waals surface area contributed by atoms with E-state index in [0.29, 0.717) is 29.0 Å². The van der Waals surface area contributed by atoms with Gasteiger partial charge in [-0.15, -0.1) is 0 Å². The SMILES string of the molecule is CCOc1ccccc1/C=C1/N=C(c2cccc([N+](=O)[O-])c2C)OC1=O. The van der Waals surface area contributed by atoms with Crippen LogP contribution in [0.25, 0.3) is 6.08 Å². The summed E-state index contributed by atoms with van der Waals surface area (Å²) in [6, 6.07) is 11.8. The Hall–Kier alpha value is -3.48. The highest BCUT2D eigenvalue weighted by atomic mass is 16.6. The van der Waals surface area contributed by atoms with Crippen molar-refractivity contribution < 1.29 is 19.2 Å². The van der Waals surface area contributed by atoms with Crippen LogP contribution in [0, 0.1) is 17.0 Å². The summed E-state index contributed by atoms with van der Waals surface area (Å²) in [5.74, 6) is 0.0685. The number of para-hydroxylation sites is 1. The fraction of sp³-hybridized carbons (Fsp3) is 0.158. The van der Waals surface area contributed by atoms with Crippen molar-refractivity contribution in [3.8, 4) is 5.75 Å². The summed E-state index contributed by atoms with van der Waals surface area (Å²) in [4.78, 5) is 27.0. The number of nitrogens with zero attached hydrogens (tertiary/aromatic N) is 2. The van der Waals surface area contributed by atoms with Crippen molar-refractivity contribution in [3.63, 3.8) is 0 Å². The monoisotopic (exact) mass is 352 g/mol. The molecule has 7 nitrogen and oxygen atoms in total. The number of rotatable bonds is 5. The zero-order valence-corrected chi connectivity index (χ0v) is 14.3. The summed E-state index contributed by atoms with van der Waals surface area (Å²) in [6.45, 7) is 3.96. The summed E-state index contributed by atoms with van der Waals surface area (Å²) < 4.78 is 10.8. The first-order valence-corrected chi connectivity index (χ1v) is 8.00. The third-order valence-corrected chi connectivity index (χ3v) is 3.86. The second-order valence-corrected chi connectivity index (χ2v) is 5.51. The van der Waals surface area contributed by atoms with Crippen molar-refractivity contribution in [3.05, 3.63) is 75.0 Å². The zero-order chi connectivity index (χ0) is 18.7. The molecule has 0 fully saturated rings. The molecule has 0 spiro atoms. The first-order valence-electron chi connectivity index (χ1n) is 8.00. The largest absolute Gasteiger partial charge is 0.493 e. The van der Waals surface area contributed by atoms with Gasteiger partial charge >= 0.3 is 5.97 Å². The van der Waals surface area contributed by atoms with Gasteiger partial charge in [0, 0.05) is 22.8 Å². The Morgan fingerprint density at radius 2 is 2.00 bits per heavy atom. The van der Waals surface area contributed by atoms with E-state index in [1.807, 2.05) is 19.1 Å². The zero-order valence-electron chi connectivity index (χ0n) is 14.3. The van der Waals surface area contributed by atoms with Crippen molar-refractivity contribution in [2.45, 2.75) is 13.8 Å². The number of cyclic esters (lactones) is 1. The van der Waals surface area contributed by atoms with Crippen LogP contribution in [0.4, 0.5) is 5.69 Å². The number of nitro groups is 1. The lowest BCUT2D eigenvalue weighted by atomic mass is 10.1. The minimum absolute atomic E-state index is 0.0522. The van der Waals surface area contributed by atoms with E-state index in [9.17, 15) is 14.9 Å². The first-order chi connectivity index (χ1) is 12.5. The standard InChI is InChI=1S/C19H16N2O5/c1-3-25-17-10-5-4-7-13(17)11-15-19(22)26-18(20-15)14-8-6-9-16(12(14)2)21(23)24/h4-11H,3H2,1-2H3/b15-11+. The van der Waals surface area contributed by atoms with Crippen LogP contribution < -0.4 is 4.74 Å². The summed E-state index contributed by atoms with van der Waals surface area (Å²) in [7, 11) is 0. The van der Waals surface area contributed by atoms with Crippen molar-refractivity contribution in [1.82, 2.24) is 0 Å². The Labute approximate surface area is 149 Å². The van der Waals surface area contributed by atoms with Crippen LogP contribution in [0.3, 0.4) is 0 Å². The van der Waals surface area contributed by atoms with Gasteiger partial charge in [0.05, 0.1) is 11.5 Å². The molecule has 1 aliphatic heterocycles. The molecule has 0 atom stereocenters. The third-order valence-electron chi connectivity index (χ3n) is 3.86. The van der Waals surface area contributed by atoms with Gasteiger partial charge in [0.25, 0.3) is 5.69 Å². The Morgan fingerprint density at radius 1 is 1.23 bits per heavy atom. The van der Waals surface area contributed by atoms with Crippen LogP contribution in [-0.2, 0) is 9.53 Å². The van der Waals surface area contributed by atoms with E-state index in [4.69, 9.17) is 9.47 Å². The van der Waals surface area contributed by atoms with Crippen molar-refractivity contribution in [1.29, 1.82) is 0 Å². The van der Waals surface area contributed by atoms with Gasteiger partial charge in [-0.25, -0.2) is 9.79 Å². The van der Waals surface area contributed by atoms with Crippen molar-refractivity contribution >= 4 is 23.6 Å². The maximum atomic E-state index is 12.2. The molecule has 0 saturated carbocycles. The molecule has 2 aromatic rings. The smallest absolute Gasteiger partial charge is 0.363 e. The first kappa shape index (κ1) is 17.3. The van der Waals surface area contributed by atoms with Crippen LogP contribution in [0.5, 0.6) is 5.75 Å². The minimum Gasteiger partial charge on any atom is -0.493 e. The molecular formula is C19H16N2O5. The predicted octanol–water partition coefficient (Wildman–Crippen LogP) is 3.65. The van der Waals surface area contributed by atoms with E-state index < -0.39 is 10.9 Å². The van der Waals surface area contributed by atoms with Crippen molar-refractivity contribution in [2.24, 2.45) is 4.99 Å². The van der Waals surface area contributed by atoms with Gasteiger partial charge in [-0.3, -0.25) is 10.1 Å². The second kappa shape index (κ2) is 7.18. The average Bonchev–Trinajstić information content (AvgIpc) is 2.97. The maximum Gasteiger partial charge on any atom is 0.363 e. The van der Waals surface area contributed by atoms with E-state index in [-0.39, 0.29) is 17.3 Å². The number of aliphatic imine (C=N–C) groups is 1. The van der Waals surface area contributed by atoms with Gasteiger partial charge < -0.3 is 9.47 Å². The number of hydrogen-bond acceptors (Lipinski definition) is 6. The summed E-state index contributed by atoms with van der Waals surface area (Å²) in [5, 5.41) is 11.1. The molecule has 7 heteroatoms. The molecule has 2 aromatic carbocycles. The Balaban J connectivity index is 2.01. The summed E-state index contributed by atoms with van der Waals surface area (Å²) in [6.07, 6.45) is 1.58. The molecule has 0 amide bonds. The number of nitro benzene ring substituents is 1. The summed E-state index contributed by atoms with van der Waals surface area (Å²) >= 11 is 0. The van der Waals surface area contributed by atoms with Crippen LogP contribution in [0.1, 0.15) is 23.6 Å². The minimum atomic E-state index is -0.614. The molecule has 0 radical (unpaired) electrons. The van der Waals surface area contributed by atoms with Gasteiger partial charge in [0.15, 0.2) is 5.70 Å². The number of carbonyl (C=O) groups excluding carboxylic acids is 1. The second-order valence-electron chi connectivity index (χ2n) is 5.51. The van der Waals surface area contributed by atoms with Gasteiger partial charge in [-0.1, -0.05) is 24.3 Å². The Kier molecular flexibility index (Phi) is 4.79. The molecule has 0 unspecified atom stereocenters. The number of carbonyl (C=O) groups is 1. The van der Waals surface area contributed by atoms with Crippen LogP contribution in [0.15, 0.2) is 53.2 Å². The van der Waals surface area contributed by atoms with Crippen molar-refractivity contribution in [2.75, 3.05) is 6.61 Å². The molecule has 0 N–H and O–H groups in total. The molecule has 1 heterocycles. The predicted molar refractivity (Wildman–Crippen MR) is 96.1 cm³/mol. The van der Waals surface area contributed by atoms with E-state index >= 15 is 0 Å². The molecule has 132 valence electrons. The molecule has 26 heavy (non-hydrogen) atoms. The molecule has 0 aromatic heterocycles. The van der Waals surface area contributed by atoms with Crippen LogP contribution in [-0.4, -0.2) is 23.4 Å². The van der Waals surface area contributed by atoms with Gasteiger partial charge in [-0.05, 0) is 32.1 Å². The highest BCUT2D eigenvalue weighted by molar-refractivity contribution is 6.13. The summed E-state index contributed by atoms with van der Waals surface area (Å²) in [5.41, 5.74) is 1.55. The Bertz CT molecular complexity index is 947. The van der Waals surface area contributed by atoms with E-state index in [0.717, 1.165) is 0 Å². The quantitative estimate of drug-likeness (QED) is 0.354. The van der Waals surface area contributed by atoms with Gasteiger partial charge in [0.1, 0.15) is 5.75 Å². The lowest BCUT2D eigenvalue weighted by Crippen LogP contribution is -2.08. The molecule has 3 rings (SSSR count). The topological polar surface area (TPSA) is 91.0 Å². The van der Waals surface area contributed by atoms with Crippen LogP contribution in [0.2, 0.25) is 0 Å². The lowest BCUT2D eigenvalue weighted by Gasteiger charge is -2.06. The molecule has 1 aliphatic rings. The van der Waals surface area contributed by atoms with E-state index in [1.54, 1.807) is 31.2 Å². The fourth-order valence-electron chi connectivity index (χ4n) is 2.61. The Morgan fingerprint density at radius 3 is 2.73 bits per heavy atom. The normalized spacial score (nSPS) is 14.9. The molecular weight excluding hydrogens is 336 g/mol. The fourth-order valence-corrected chi connectivity index (χ4v) is 2.61. The maximum absolute atomic E-state index is 12.2. The van der Waals surface area contributed by atoms with Crippen LogP contribution >= 0.6 is 0 Å². The lowest BCUT2D eigenvalue weighted by molar-refractivity contribution is -0.385. The number of benzene rings is 2. The molecule has 0 aliphatic carbocycles. The highest BCUT2D eigenvalue weighted by Crippen LogP contribution is 2.27.